The van der Waals surface area contributed by atoms with Gasteiger partial charge in [-0.25, -0.2) is 4.98 Å². The lowest BCUT2D eigenvalue weighted by atomic mass is 10.1. The summed E-state index contributed by atoms with van der Waals surface area (Å²) in [5.74, 6) is 2.77. The van der Waals surface area contributed by atoms with Crippen LogP contribution in [0.2, 0.25) is 5.02 Å². The van der Waals surface area contributed by atoms with Gasteiger partial charge in [-0.15, -0.1) is 0 Å². The minimum absolute atomic E-state index is 0.591. The number of methoxy groups -OCH3 is 1. The van der Waals surface area contributed by atoms with Crippen LogP contribution in [0.15, 0.2) is 24.4 Å². The maximum atomic E-state index is 6.43. The van der Waals surface area contributed by atoms with Crippen LogP contribution < -0.4 is 4.74 Å². The van der Waals surface area contributed by atoms with E-state index in [0.29, 0.717) is 11.1 Å². The third kappa shape index (κ3) is 3.40. The van der Waals surface area contributed by atoms with Crippen molar-refractivity contribution in [2.45, 2.75) is 52.0 Å². The molecule has 1 saturated carbocycles. The Hall–Kier alpha value is -1.48. The highest BCUT2D eigenvalue weighted by atomic mass is 35.5. The summed E-state index contributed by atoms with van der Waals surface area (Å²) in [4.78, 5) is 4.87. The van der Waals surface area contributed by atoms with E-state index in [9.17, 15) is 0 Å². The van der Waals surface area contributed by atoms with Gasteiger partial charge in [0.05, 0.1) is 17.8 Å². The average Bonchev–Trinajstić information content (AvgIpc) is 3.31. The van der Waals surface area contributed by atoms with Crippen LogP contribution in [0, 0.1) is 5.92 Å². The van der Waals surface area contributed by atoms with Gasteiger partial charge in [0.2, 0.25) is 0 Å². The largest absolute Gasteiger partial charge is 0.497 e. The van der Waals surface area contributed by atoms with Crippen molar-refractivity contribution < 1.29 is 4.74 Å². The Morgan fingerprint density at radius 1 is 1.35 bits per heavy atom. The average molecular weight is 333 g/mol. The number of rotatable bonds is 7. The number of aromatic nitrogens is 2. The third-order valence-corrected chi connectivity index (χ3v) is 5.00. The fraction of sp³-hybridized carbons (Fsp3) is 0.526. The molecule has 1 aromatic heterocycles. The van der Waals surface area contributed by atoms with Crippen molar-refractivity contribution in [2.24, 2.45) is 5.92 Å². The molecule has 0 N–H and O–H groups in total. The molecule has 0 radical (unpaired) electrons. The molecule has 1 heterocycles. The molecule has 124 valence electrons. The lowest BCUT2D eigenvalue weighted by Gasteiger charge is -2.19. The van der Waals surface area contributed by atoms with Crippen LogP contribution in [0.3, 0.4) is 0 Å². The lowest BCUT2D eigenvalue weighted by molar-refractivity contribution is 0.400. The van der Waals surface area contributed by atoms with Gasteiger partial charge >= 0.3 is 0 Å². The molecule has 1 aromatic carbocycles. The summed E-state index contributed by atoms with van der Waals surface area (Å²) in [6, 6.07) is 6.38. The van der Waals surface area contributed by atoms with Gasteiger partial charge in [-0.1, -0.05) is 31.9 Å². The first-order valence-corrected chi connectivity index (χ1v) is 8.97. The van der Waals surface area contributed by atoms with Gasteiger partial charge in [-0.05, 0) is 43.4 Å². The second-order valence-electron chi connectivity index (χ2n) is 6.34. The standard InChI is InChI=1S/C19H25ClN2O/c1-4-6-18(13-7-8-13)22-12-17(21-19(22)5-2)15-10-9-14(23-3)11-16(15)20/h9-13,18H,4-8H2,1-3H3. The van der Waals surface area contributed by atoms with Crippen molar-refractivity contribution in [3.63, 3.8) is 0 Å². The predicted octanol–water partition coefficient (Wildman–Crippen LogP) is 5.53. The van der Waals surface area contributed by atoms with Crippen LogP contribution in [-0.4, -0.2) is 16.7 Å². The van der Waals surface area contributed by atoms with E-state index >= 15 is 0 Å². The number of benzene rings is 1. The number of hydrogen-bond donors (Lipinski definition) is 0. The fourth-order valence-electron chi connectivity index (χ4n) is 3.32. The SMILES string of the molecule is CCCC(C1CC1)n1cc(-c2ccc(OC)cc2Cl)nc1CC. The molecule has 0 amide bonds. The highest BCUT2D eigenvalue weighted by Crippen LogP contribution is 2.43. The van der Waals surface area contributed by atoms with E-state index in [-0.39, 0.29) is 0 Å². The summed E-state index contributed by atoms with van der Waals surface area (Å²) in [5, 5.41) is 0.690. The molecule has 1 fully saturated rings. The zero-order valence-electron chi connectivity index (χ0n) is 14.2. The van der Waals surface area contributed by atoms with Gasteiger partial charge in [0.25, 0.3) is 0 Å². The molecule has 1 atom stereocenters. The van der Waals surface area contributed by atoms with E-state index in [1.807, 2.05) is 18.2 Å². The summed E-state index contributed by atoms with van der Waals surface area (Å²) in [6.45, 7) is 4.44. The molecule has 1 aliphatic rings. The number of imidazole rings is 1. The summed E-state index contributed by atoms with van der Waals surface area (Å²) >= 11 is 6.43. The number of ether oxygens (including phenoxy) is 1. The van der Waals surface area contributed by atoms with Gasteiger partial charge in [0.1, 0.15) is 11.6 Å². The predicted molar refractivity (Wildman–Crippen MR) is 95.3 cm³/mol. The summed E-state index contributed by atoms with van der Waals surface area (Å²) in [7, 11) is 1.65. The van der Waals surface area contributed by atoms with Crippen molar-refractivity contribution in [1.29, 1.82) is 0 Å². The first kappa shape index (κ1) is 16.4. The zero-order valence-corrected chi connectivity index (χ0v) is 14.9. The van der Waals surface area contributed by atoms with Crippen LogP contribution in [-0.2, 0) is 6.42 Å². The Morgan fingerprint density at radius 2 is 2.13 bits per heavy atom. The van der Waals surface area contributed by atoms with Crippen molar-refractivity contribution in [2.75, 3.05) is 7.11 Å². The van der Waals surface area contributed by atoms with Crippen molar-refractivity contribution in [3.8, 4) is 17.0 Å². The Kier molecular flexibility index (Phi) is 4.96. The molecule has 0 aliphatic heterocycles. The number of hydrogen-bond acceptors (Lipinski definition) is 2. The molecule has 3 nitrogen and oxygen atoms in total. The normalized spacial score (nSPS) is 15.7. The Labute approximate surface area is 143 Å². The highest BCUT2D eigenvalue weighted by molar-refractivity contribution is 6.33. The van der Waals surface area contributed by atoms with E-state index in [0.717, 1.165) is 35.2 Å². The summed E-state index contributed by atoms with van der Waals surface area (Å²) in [6.07, 6.45) is 8.28. The van der Waals surface area contributed by atoms with E-state index in [1.54, 1.807) is 7.11 Å². The van der Waals surface area contributed by atoms with E-state index < -0.39 is 0 Å². The monoisotopic (exact) mass is 332 g/mol. The topological polar surface area (TPSA) is 27.1 Å². The molecule has 3 rings (SSSR count). The van der Waals surface area contributed by atoms with E-state index in [4.69, 9.17) is 21.3 Å². The first-order chi connectivity index (χ1) is 11.2. The van der Waals surface area contributed by atoms with Crippen molar-refractivity contribution in [1.82, 2.24) is 9.55 Å². The molecule has 1 aliphatic carbocycles. The number of halogens is 1. The summed E-state index contributed by atoms with van der Waals surface area (Å²) < 4.78 is 7.65. The van der Waals surface area contributed by atoms with E-state index in [2.05, 4.69) is 24.6 Å². The second-order valence-corrected chi connectivity index (χ2v) is 6.75. The molecule has 0 spiro atoms. The van der Waals surface area contributed by atoms with Gasteiger partial charge < -0.3 is 9.30 Å². The van der Waals surface area contributed by atoms with Gasteiger partial charge in [0.15, 0.2) is 0 Å². The quantitative estimate of drug-likeness (QED) is 0.667. The molecule has 4 heteroatoms. The van der Waals surface area contributed by atoms with Crippen LogP contribution in [0.1, 0.15) is 51.4 Å². The van der Waals surface area contributed by atoms with E-state index in [1.165, 1.54) is 25.7 Å². The maximum Gasteiger partial charge on any atom is 0.120 e. The maximum absolute atomic E-state index is 6.43. The lowest BCUT2D eigenvalue weighted by Crippen LogP contribution is -2.13. The van der Waals surface area contributed by atoms with Crippen LogP contribution >= 0.6 is 11.6 Å². The minimum Gasteiger partial charge on any atom is -0.497 e. The molecule has 2 aromatic rings. The smallest absolute Gasteiger partial charge is 0.120 e. The fourth-order valence-corrected chi connectivity index (χ4v) is 3.59. The Bertz CT molecular complexity index is 676. The summed E-state index contributed by atoms with van der Waals surface area (Å²) in [5.41, 5.74) is 1.95. The highest BCUT2D eigenvalue weighted by Gasteiger charge is 2.33. The second kappa shape index (κ2) is 6.96. The molecule has 0 saturated heterocycles. The number of aryl methyl sites for hydroxylation is 1. The van der Waals surface area contributed by atoms with Gasteiger partial charge in [-0.2, -0.15) is 0 Å². The molecular weight excluding hydrogens is 308 g/mol. The van der Waals surface area contributed by atoms with Crippen molar-refractivity contribution in [3.05, 3.63) is 35.2 Å². The molecular formula is C19H25ClN2O. The first-order valence-electron chi connectivity index (χ1n) is 8.59. The molecule has 0 bridgehead atoms. The van der Waals surface area contributed by atoms with Crippen molar-refractivity contribution >= 4 is 11.6 Å². The minimum atomic E-state index is 0.591. The Morgan fingerprint density at radius 3 is 2.70 bits per heavy atom. The third-order valence-electron chi connectivity index (χ3n) is 4.69. The number of nitrogens with zero attached hydrogens (tertiary/aromatic N) is 2. The Balaban J connectivity index is 1.98. The van der Waals surface area contributed by atoms with Crippen LogP contribution in [0.25, 0.3) is 11.3 Å². The van der Waals surface area contributed by atoms with Gasteiger partial charge in [-0.3, -0.25) is 0 Å². The zero-order chi connectivity index (χ0) is 16.4. The van der Waals surface area contributed by atoms with Crippen LogP contribution in [0.4, 0.5) is 0 Å². The molecule has 1 unspecified atom stereocenters. The molecule has 23 heavy (non-hydrogen) atoms. The van der Waals surface area contributed by atoms with Gasteiger partial charge in [0, 0.05) is 24.2 Å². The van der Waals surface area contributed by atoms with Crippen LogP contribution in [0.5, 0.6) is 5.75 Å².